The summed E-state index contributed by atoms with van der Waals surface area (Å²) in [4.78, 5) is 17.8. The fourth-order valence-corrected chi connectivity index (χ4v) is 5.04. The lowest BCUT2D eigenvalue weighted by molar-refractivity contribution is 0.0964. The number of carbonyl (C=O) groups excluding carboxylic acids is 1. The van der Waals surface area contributed by atoms with Crippen LogP contribution in [0.15, 0.2) is 83.3 Å². The van der Waals surface area contributed by atoms with Crippen molar-refractivity contribution in [3.63, 3.8) is 0 Å². The summed E-state index contributed by atoms with van der Waals surface area (Å²) >= 11 is 0. The highest BCUT2D eigenvalue weighted by molar-refractivity contribution is 6.11. The number of rotatable bonds is 3. The molecule has 38 heavy (non-hydrogen) atoms. The average Bonchev–Trinajstić information content (AvgIpc) is 3.52. The van der Waals surface area contributed by atoms with Crippen LogP contribution in [-0.2, 0) is 6.73 Å². The summed E-state index contributed by atoms with van der Waals surface area (Å²) < 4.78 is 41.9. The Balaban J connectivity index is 1.39. The number of aromatic nitrogens is 2. The summed E-state index contributed by atoms with van der Waals surface area (Å²) in [7, 11) is 1.55. The molecule has 4 heterocycles. The maximum absolute atomic E-state index is 14.5. The lowest BCUT2D eigenvalue weighted by Crippen LogP contribution is -2.18. The number of halogens is 2. The van der Waals surface area contributed by atoms with Gasteiger partial charge in [-0.25, -0.2) is 13.8 Å². The Kier molecular flexibility index (Phi) is 4.84. The fourth-order valence-electron chi connectivity index (χ4n) is 5.04. The molecular weight excluding hydrogens is 488 g/mol. The van der Waals surface area contributed by atoms with E-state index in [9.17, 15) is 13.6 Å². The first-order valence-electron chi connectivity index (χ1n) is 12.0. The van der Waals surface area contributed by atoms with Gasteiger partial charge in [0.2, 0.25) is 0 Å². The zero-order valence-electron chi connectivity index (χ0n) is 20.1. The lowest BCUT2D eigenvalue weighted by atomic mass is 10.0. The van der Waals surface area contributed by atoms with Crippen LogP contribution in [0.3, 0.4) is 0 Å². The second-order valence-corrected chi connectivity index (χ2v) is 9.05. The number of nitrogens with zero attached hydrogens (tertiary/aromatic N) is 2. The summed E-state index contributed by atoms with van der Waals surface area (Å²) in [6.45, 7) is 0.263. The van der Waals surface area contributed by atoms with Crippen molar-refractivity contribution < 1.29 is 22.7 Å². The fraction of sp³-hybridized carbons (Fsp3) is 0.0667. The van der Waals surface area contributed by atoms with Crippen LogP contribution in [0.4, 0.5) is 8.78 Å². The Bertz CT molecular complexity index is 1900. The second-order valence-electron chi connectivity index (χ2n) is 9.05. The molecule has 0 spiro atoms. The van der Waals surface area contributed by atoms with Crippen molar-refractivity contribution in [2.75, 3.05) is 7.05 Å². The van der Waals surface area contributed by atoms with E-state index in [4.69, 9.17) is 14.1 Å². The summed E-state index contributed by atoms with van der Waals surface area (Å²) in [5.74, 6) is -0.0315. The smallest absolute Gasteiger partial charge is 0.255 e. The van der Waals surface area contributed by atoms with Crippen molar-refractivity contribution in [2.24, 2.45) is 0 Å². The van der Waals surface area contributed by atoms with Gasteiger partial charge in [-0.05, 0) is 72.8 Å². The predicted octanol–water partition coefficient (Wildman–Crippen LogP) is 6.77. The molecule has 7 rings (SSSR count). The Morgan fingerprint density at radius 2 is 1.76 bits per heavy atom. The standard InChI is InChI=1S/C30H19F2N3O3/c1-33-30(36)27-20-13-17(7-11-25(20)38-29(27)16-5-8-18(31)9-6-16)22-10-12-26-28(34-22)24-14-19-21(32)3-2-4-23(19)35(24)15-37-26/h2-14H,15H2,1H3,(H,33,36). The van der Waals surface area contributed by atoms with E-state index in [2.05, 4.69) is 5.32 Å². The molecule has 3 aromatic heterocycles. The van der Waals surface area contributed by atoms with Crippen LogP contribution >= 0.6 is 0 Å². The van der Waals surface area contributed by atoms with E-state index in [0.29, 0.717) is 50.4 Å². The third-order valence-electron chi connectivity index (χ3n) is 6.89. The molecule has 3 aromatic carbocycles. The molecule has 0 saturated heterocycles. The summed E-state index contributed by atoms with van der Waals surface area (Å²) in [6.07, 6.45) is 0. The summed E-state index contributed by atoms with van der Waals surface area (Å²) in [6, 6.07) is 21.8. The van der Waals surface area contributed by atoms with Gasteiger partial charge in [0.05, 0.1) is 22.5 Å². The van der Waals surface area contributed by atoms with Crippen molar-refractivity contribution in [3.8, 4) is 39.7 Å². The maximum atomic E-state index is 14.5. The number of nitrogens with one attached hydrogen (secondary N) is 1. The molecule has 1 amide bonds. The van der Waals surface area contributed by atoms with Gasteiger partial charge in [-0.2, -0.15) is 0 Å². The third kappa shape index (κ3) is 3.30. The van der Waals surface area contributed by atoms with Crippen molar-refractivity contribution in [1.82, 2.24) is 14.9 Å². The van der Waals surface area contributed by atoms with E-state index in [1.807, 2.05) is 34.9 Å². The van der Waals surface area contributed by atoms with Gasteiger partial charge in [-0.1, -0.05) is 6.07 Å². The van der Waals surface area contributed by atoms with E-state index in [1.54, 1.807) is 37.4 Å². The third-order valence-corrected chi connectivity index (χ3v) is 6.89. The Morgan fingerprint density at radius 3 is 2.58 bits per heavy atom. The second kappa shape index (κ2) is 8.27. The zero-order valence-corrected chi connectivity index (χ0v) is 20.1. The van der Waals surface area contributed by atoms with Crippen molar-refractivity contribution in [3.05, 3.63) is 96.1 Å². The van der Waals surface area contributed by atoms with E-state index in [0.717, 1.165) is 16.8 Å². The molecule has 0 unspecified atom stereocenters. The quantitative estimate of drug-likeness (QED) is 0.287. The minimum absolute atomic E-state index is 0.263. The van der Waals surface area contributed by atoms with E-state index in [1.165, 1.54) is 18.2 Å². The summed E-state index contributed by atoms with van der Waals surface area (Å²) in [5, 5.41) is 3.78. The maximum Gasteiger partial charge on any atom is 0.255 e. The Labute approximate surface area is 215 Å². The van der Waals surface area contributed by atoms with Crippen molar-refractivity contribution >= 4 is 27.8 Å². The highest BCUT2D eigenvalue weighted by Crippen LogP contribution is 2.40. The van der Waals surface area contributed by atoms with Crippen LogP contribution in [0, 0.1) is 11.6 Å². The molecule has 0 fully saturated rings. The Morgan fingerprint density at radius 1 is 0.947 bits per heavy atom. The summed E-state index contributed by atoms with van der Waals surface area (Å²) in [5.41, 5.74) is 4.99. The van der Waals surface area contributed by atoms with E-state index < -0.39 is 0 Å². The van der Waals surface area contributed by atoms with Gasteiger partial charge < -0.3 is 19.0 Å². The number of benzene rings is 3. The highest BCUT2D eigenvalue weighted by Gasteiger charge is 2.25. The van der Waals surface area contributed by atoms with E-state index in [-0.39, 0.29) is 24.3 Å². The van der Waals surface area contributed by atoms with Crippen LogP contribution in [0.1, 0.15) is 10.4 Å². The SMILES string of the molecule is CNC(=O)c1c(-c2ccc(F)cc2)oc2ccc(-c3ccc4c(n3)-c3cc5c(F)cccc5n3CO4)cc12. The number of furan rings is 1. The first-order chi connectivity index (χ1) is 18.5. The number of hydrogen-bond donors (Lipinski definition) is 1. The number of carbonyl (C=O) groups is 1. The molecule has 1 aliphatic heterocycles. The number of pyridine rings is 1. The van der Waals surface area contributed by atoms with Gasteiger partial charge in [0.1, 0.15) is 34.4 Å². The van der Waals surface area contributed by atoms with Gasteiger partial charge in [-0.15, -0.1) is 0 Å². The van der Waals surface area contributed by atoms with Gasteiger partial charge in [0.15, 0.2) is 6.73 Å². The number of ether oxygens (including phenoxy) is 1. The molecule has 0 saturated carbocycles. The first kappa shape index (κ1) is 22.2. The molecule has 0 bridgehead atoms. The number of amides is 1. The molecule has 0 atom stereocenters. The normalized spacial score (nSPS) is 12.3. The molecule has 6 aromatic rings. The molecule has 8 heteroatoms. The molecule has 0 radical (unpaired) electrons. The highest BCUT2D eigenvalue weighted by atomic mass is 19.1. The first-order valence-corrected chi connectivity index (χ1v) is 12.0. The van der Waals surface area contributed by atoms with Crippen LogP contribution in [-0.4, -0.2) is 22.5 Å². The molecule has 186 valence electrons. The molecule has 1 aliphatic rings. The molecular formula is C30H19F2N3O3. The van der Waals surface area contributed by atoms with Gasteiger partial charge >= 0.3 is 0 Å². The molecule has 1 N–H and O–H groups in total. The Hall–Kier alpha value is -4.98. The van der Waals surface area contributed by atoms with Crippen molar-refractivity contribution in [1.29, 1.82) is 0 Å². The largest absolute Gasteiger partial charge is 0.470 e. The molecule has 6 nitrogen and oxygen atoms in total. The van der Waals surface area contributed by atoms with Crippen LogP contribution < -0.4 is 10.1 Å². The number of fused-ring (bicyclic) bond motifs is 6. The lowest BCUT2D eigenvalue weighted by Gasteiger charge is -2.20. The number of hydrogen-bond acceptors (Lipinski definition) is 4. The van der Waals surface area contributed by atoms with Gasteiger partial charge in [0.25, 0.3) is 5.91 Å². The predicted molar refractivity (Wildman–Crippen MR) is 140 cm³/mol. The van der Waals surface area contributed by atoms with E-state index >= 15 is 0 Å². The van der Waals surface area contributed by atoms with Crippen molar-refractivity contribution in [2.45, 2.75) is 6.73 Å². The van der Waals surface area contributed by atoms with Gasteiger partial charge in [-0.3, -0.25) is 4.79 Å². The van der Waals surface area contributed by atoms with Crippen LogP contribution in [0.25, 0.3) is 55.8 Å². The topological polar surface area (TPSA) is 69.3 Å². The zero-order chi connectivity index (χ0) is 26.0. The molecule has 0 aliphatic carbocycles. The minimum atomic E-state index is -0.377. The van der Waals surface area contributed by atoms with Crippen LogP contribution in [0.2, 0.25) is 0 Å². The van der Waals surface area contributed by atoms with Crippen LogP contribution in [0.5, 0.6) is 5.75 Å². The van der Waals surface area contributed by atoms with Gasteiger partial charge in [0, 0.05) is 28.9 Å². The monoisotopic (exact) mass is 507 g/mol. The average molecular weight is 507 g/mol. The minimum Gasteiger partial charge on any atom is -0.470 e.